The van der Waals surface area contributed by atoms with Gasteiger partial charge in [-0.2, -0.15) is 0 Å². The van der Waals surface area contributed by atoms with Gasteiger partial charge in [0.1, 0.15) is 12.4 Å². The Labute approximate surface area is 153 Å². The number of halogens is 1. The van der Waals surface area contributed by atoms with Crippen LogP contribution >= 0.6 is 22.6 Å². The van der Waals surface area contributed by atoms with Crippen molar-refractivity contribution in [1.29, 1.82) is 0 Å². The Hall–Kier alpha value is -2.09. The summed E-state index contributed by atoms with van der Waals surface area (Å²) in [5, 5.41) is 4.09. The molecule has 3 rings (SSSR count). The quantitative estimate of drug-likeness (QED) is 0.530. The molecular weight excluding hydrogens is 421 g/mol. The van der Waals surface area contributed by atoms with Crippen LogP contribution in [-0.2, 0) is 9.57 Å². The molecule has 1 aliphatic rings. The SMILES string of the molecule is COc1ccc(C2=NO[C@H](COC(=O)c3ccc(I)cc3)C2)cc1. The normalized spacial score (nSPS) is 16.2. The van der Waals surface area contributed by atoms with Crippen LogP contribution in [0.25, 0.3) is 0 Å². The van der Waals surface area contributed by atoms with Crippen molar-refractivity contribution in [2.45, 2.75) is 12.5 Å². The zero-order valence-electron chi connectivity index (χ0n) is 13.1. The van der Waals surface area contributed by atoms with Gasteiger partial charge >= 0.3 is 5.97 Å². The maximum absolute atomic E-state index is 12.0. The van der Waals surface area contributed by atoms with E-state index in [4.69, 9.17) is 14.3 Å². The van der Waals surface area contributed by atoms with Crippen molar-refractivity contribution in [2.24, 2.45) is 5.16 Å². The summed E-state index contributed by atoms with van der Waals surface area (Å²) in [7, 11) is 1.63. The lowest BCUT2D eigenvalue weighted by Crippen LogP contribution is -2.19. The van der Waals surface area contributed by atoms with Gasteiger partial charge in [0.25, 0.3) is 0 Å². The first-order valence-electron chi connectivity index (χ1n) is 7.45. The van der Waals surface area contributed by atoms with Crippen molar-refractivity contribution >= 4 is 34.3 Å². The summed E-state index contributed by atoms with van der Waals surface area (Å²) in [4.78, 5) is 17.4. The molecule has 0 fully saturated rings. The van der Waals surface area contributed by atoms with Gasteiger partial charge < -0.3 is 14.3 Å². The Morgan fingerprint density at radius 1 is 1.21 bits per heavy atom. The molecule has 0 saturated carbocycles. The third kappa shape index (κ3) is 4.05. The highest BCUT2D eigenvalue weighted by Gasteiger charge is 2.24. The molecule has 1 heterocycles. The molecule has 0 N–H and O–H groups in total. The molecule has 0 aliphatic carbocycles. The van der Waals surface area contributed by atoms with Gasteiger partial charge in [-0.25, -0.2) is 4.79 Å². The molecule has 0 spiro atoms. The van der Waals surface area contributed by atoms with Crippen LogP contribution in [0, 0.1) is 3.57 Å². The Bertz CT molecular complexity index is 741. The van der Waals surface area contributed by atoms with E-state index in [9.17, 15) is 4.79 Å². The van der Waals surface area contributed by atoms with Crippen molar-refractivity contribution in [3.63, 3.8) is 0 Å². The van der Waals surface area contributed by atoms with E-state index >= 15 is 0 Å². The first-order valence-corrected chi connectivity index (χ1v) is 8.53. The lowest BCUT2D eigenvalue weighted by molar-refractivity contribution is 0.00686. The fourth-order valence-electron chi connectivity index (χ4n) is 2.31. The third-order valence-electron chi connectivity index (χ3n) is 3.64. The number of hydrogen-bond acceptors (Lipinski definition) is 5. The van der Waals surface area contributed by atoms with Crippen LogP contribution < -0.4 is 4.74 Å². The maximum atomic E-state index is 12.0. The summed E-state index contributed by atoms with van der Waals surface area (Å²) >= 11 is 2.19. The number of oxime groups is 1. The first-order chi connectivity index (χ1) is 11.7. The average Bonchev–Trinajstić information content (AvgIpc) is 3.09. The van der Waals surface area contributed by atoms with E-state index in [1.54, 1.807) is 19.2 Å². The minimum absolute atomic E-state index is 0.175. The van der Waals surface area contributed by atoms with Crippen LogP contribution in [0.5, 0.6) is 5.75 Å². The smallest absolute Gasteiger partial charge is 0.338 e. The van der Waals surface area contributed by atoms with Crippen LogP contribution in [0.1, 0.15) is 22.3 Å². The molecule has 2 aromatic carbocycles. The van der Waals surface area contributed by atoms with Crippen LogP contribution in [0.3, 0.4) is 0 Å². The van der Waals surface area contributed by atoms with Crippen molar-refractivity contribution in [2.75, 3.05) is 13.7 Å². The van der Waals surface area contributed by atoms with E-state index in [2.05, 4.69) is 27.7 Å². The third-order valence-corrected chi connectivity index (χ3v) is 4.36. The minimum Gasteiger partial charge on any atom is -0.497 e. The molecule has 5 nitrogen and oxygen atoms in total. The van der Waals surface area contributed by atoms with E-state index in [0.29, 0.717) is 12.0 Å². The molecule has 1 aliphatic heterocycles. The Kier molecular flexibility index (Phi) is 5.34. The maximum Gasteiger partial charge on any atom is 0.338 e. The summed E-state index contributed by atoms with van der Waals surface area (Å²) in [6.45, 7) is 0.175. The number of hydrogen-bond donors (Lipinski definition) is 0. The van der Waals surface area contributed by atoms with E-state index in [1.807, 2.05) is 36.4 Å². The number of methoxy groups -OCH3 is 1. The predicted octanol–water partition coefficient (Wildman–Crippen LogP) is 3.65. The number of nitrogens with zero attached hydrogens (tertiary/aromatic N) is 1. The second-order valence-electron chi connectivity index (χ2n) is 5.30. The molecule has 0 bridgehead atoms. The summed E-state index contributed by atoms with van der Waals surface area (Å²) in [5.74, 6) is 0.439. The van der Waals surface area contributed by atoms with Crippen molar-refractivity contribution in [1.82, 2.24) is 0 Å². The van der Waals surface area contributed by atoms with E-state index in [0.717, 1.165) is 20.6 Å². The standard InChI is InChI=1S/C18H16INO4/c1-22-15-8-4-12(5-9-15)17-10-16(24-20-17)11-23-18(21)13-2-6-14(19)7-3-13/h2-9,16H,10-11H2,1H3/t16-/m0/s1. The molecule has 0 saturated heterocycles. The number of carbonyl (C=O) groups excluding carboxylic acids is 1. The van der Waals surface area contributed by atoms with Gasteiger partial charge in [-0.1, -0.05) is 5.16 Å². The summed E-state index contributed by atoms with van der Waals surface area (Å²) in [5.41, 5.74) is 2.35. The second kappa shape index (κ2) is 7.65. The van der Waals surface area contributed by atoms with Gasteiger partial charge in [0.05, 0.1) is 18.4 Å². The Balaban J connectivity index is 1.51. The molecule has 6 heteroatoms. The minimum atomic E-state index is -0.354. The predicted molar refractivity (Wildman–Crippen MR) is 98.5 cm³/mol. The number of carbonyl (C=O) groups is 1. The van der Waals surface area contributed by atoms with Gasteiger partial charge in [0, 0.05) is 9.99 Å². The largest absolute Gasteiger partial charge is 0.497 e. The number of benzene rings is 2. The highest BCUT2D eigenvalue weighted by Crippen LogP contribution is 2.20. The van der Waals surface area contributed by atoms with Gasteiger partial charge in [-0.05, 0) is 76.7 Å². The number of rotatable bonds is 5. The molecule has 0 radical (unpaired) electrons. The molecule has 1 atom stereocenters. The summed E-state index contributed by atoms with van der Waals surface area (Å²) < 4.78 is 11.5. The fraction of sp³-hybridized carbons (Fsp3) is 0.222. The molecule has 24 heavy (non-hydrogen) atoms. The molecular formula is C18H16INO4. The first kappa shape index (κ1) is 16.8. The number of ether oxygens (including phenoxy) is 2. The van der Waals surface area contributed by atoms with Gasteiger partial charge in [-0.3, -0.25) is 0 Å². The van der Waals surface area contributed by atoms with Crippen LogP contribution in [0.2, 0.25) is 0 Å². The topological polar surface area (TPSA) is 57.1 Å². The fourth-order valence-corrected chi connectivity index (χ4v) is 2.67. The lowest BCUT2D eigenvalue weighted by Gasteiger charge is -2.09. The molecule has 0 amide bonds. The lowest BCUT2D eigenvalue weighted by atomic mass is 10.1. The highest BCUT2D eigenvalue weighted by molar-refractivity contribution is 14.1. The second-order valence-corrected chi connectivity index (χ2v) is 6.55. The summed E-state index contributed by atoms with van der Waals surface area (Å²) in [6, 6.07) is 14.9. The monoisotopic (exact) mass is 437 g/mol. The van der Waals surface area contributed by atoms with Crippen molar-refractivity contribution in [3.05, 3.63) is 63.2 Å². The molecule has 2 aromatic rings. The molecule has 0 aromatic heterocycles. The Morgan fingerprint density at radius 3 is 2.58 bits per heavy atom. The molecule has 124 valence electrons. The van der Waals surface area contributed by atoms with Gasteiger partial charge in [-0.15, -0.1) is 0 Å². The zero-order valence-corrected chi connectivity index (χ0v) is 15.2. The molecule has 0 unspecified atom stereocenters. The van der Waals surface area contributed by atoms with Gasteiger partial charge in [0.2, 0.25) is 0 Å². The Morgan fingerprint density at radius 2 is 1.92 bits per heavy atom. The van der Waals surface area contributed by atoms with Crippen molar-refractivity contribution in [3.8, 4) is 5.75 Å². The summed E-state index contributed by atoms with van der Waals surface area (Å²) in [6.07, 6.45) is 0.349. The number of esters is 1. The highest BCUT2D eigenvalue weighted by atomic mass is 127. The van der Waals surface area contributed by atoms with Gasteiger partial charge in [0.15, 0.2) is 6.10 Å². The van der Waals surface area contributed by atoms with Crippen molar-refractivity contribution < 1.29 is 19.1 Å². The average molecular weight is 437 g/mol. The van der Waals surface area contributed by atoms with E-state index in [1.165, 1.54) is 0 Å². The zero-order chi connectivity index (χ0) is 16.9. The van der Waals surface area contributed by atoms with E-state index in [-0.39, 0.29) is 18.7 Å². The van der Waals surface area contributed by atoms with Crippen LogP contribution in [-0.4, -0.2) is 31.5 Å². The van der Waals surface area contributed by atoms with Crippen LogP contribution in [0.15, 0.2) is 53.7 Å². The van der Waals surface area contributed by atoms with E-state index < -0.39 is 0 Å². The van der Waals surface area contributed by atoms with Crippen LogP contribution in [0.4, 0.5) is 0 Å².